The molecule has 1 heterocycles. The van der Waals surface area contributed by atoms with Crippen LogP contribution in [0.4, 0.5) is 0 Å². The van der Waals surface area contributed by atoms with Crippen molar-refractivity contribution in [2.24, 2.45) is 5.92 Å². The average Bonchev–Trinajstić information content (AvgIpc) is 2.33. The third-order valence-electron chi connectivity index (χ3n) is 2.96. The van der Waals surface area contributed by atoms with Crippen molar-refractivity contribution >= 4 is 12.3 Å². The Kier molecular flexibility index (Phi) is 3.54. The number of methoxy groups -OCH3 is 1. The first-order valence-corrected chi connectivity index (χ1v) is 5.58. The average molecular weight is 233 g/mol. The highest BCUT2D eigenvalue weighted by Gasteiger charge is 2.25. The van der Waals surface area contributed by atoms with Gasteiger partial charge in [-0.15, -0.1) is 0 Å². The number of carbonyl (C=O) groups excluding carboxylic acids is 2. The second-order valence-corrected chi connectivity index (χ2v) is 4.28. The fourth-order valence-electron chi connectivity index (χ4n) is 1.95. The Morgan fingerprint density at radius 1 is 1.41 bits per heavy atom. The van der Waals surface area contributed by atoms with Crippen LogP contribution in [-0.4, -0.2) is 37.4 Å². The van der Waals surface area contributed by atoms with Crippen molar-refractivity contribution in [2.45, 2.75) is 6.54 Å². The second-order valence-electron chi connectivity index (χ2n) is 4.28. The number of likely N-dealkylation sites (tertiary alicyclic amines) is 1. The number of benzene rings is 1. The van der Waals surface area contributed by atoms with Crippen molar-refractivity contribution in [3.05, 3.63) is 35.4 Å². The summed E-state index contributed by atoms with van der Waals surface area (Å²) in [5.74, 6) is -0.120. The molecule has 0 bridgehead atoms. The van der Waals surface area contributed by atoms with Crippen molar-refractivity contribution in [1.82, 2.24) is 4.90 Å². The van der Waals surface area contributed by atoms with Crippen LogP contribution in [0.5, 0.6) is 0 Å². The lowest BCUT2D eigenvalue weighted by Gasteiger charge is -2.36. The molecule has 4 nitrogen and oxygen atoms in total. The van der Waals surface area contributed by atoms with E-state index in [0.29, 0.717) is 5.56 Å². The zero-order chi connectivity index (χ0) is 12.3. The van der Waals surface area contributed by atoms with Crippen molar-refractivity contribution in [2.75, 3.05) is 20.2 Å². The van der Waals surface area contributed by atoms with Crippen LogP contribution in [0.15, 0.2) is 24.3 Å². The molecular weight excluding hydrogens is 218 g/mol. The Morgan fingerprint density at radius 3 is 2.59 bits per heavy atom. The summed E-state index contributed by atoms with van der Waals surface area (Å²) in [7, 11) is 1.37. The minimum Gasteiger partial charge on any atom is -0.465 e. The monoisotopic (exact) mass is 233 g/mol. The highest BCUT2D eigenvalue weighted by atomic mass is 16.5. The topological polar surface area (TPSA) is 46.6 Å². The lowest BCUT2D eigenvalue weighted by Crippen LogP contribution is -2.46. The molecule has 90 valence electrons. The van der Waals surface area contributed by atoms with E-state index in [1.807, 2.05) is 12.1 Å². The van der Waals surface area contributed by atoms with Gasteiger partial charge in [0.2, 0.25) is 0 Å². The first-order valence-electron chi connectivity index (χ1n) is 5.58. The van der Waals surface area contributed by atoms with Gasteiger partial charge in [0.25, 0.3) is 0 Å². The molecule has 0 amide bonds. The number of aldehydes is 1. The van der Waals surface area contributed by atoms with E-state index in [9.17, 15) is 9.59 Å². The first-order chi connectivity index (χ1) is 8.22. The van der Waals surface area contributed by atoms with Crippen LogP contribution < -0.4 is 0 Å². The van der Waals surface area contributed by atoms with E-state index in [0.717, 1.165) is 31.5 Å². The van der Waals surface area contributed by atoms with Crippen molar-refractivity contribution < 1.29 is 14.3 Å². The highest BCUT2D eigenvalue weighted by molar-refractivity contribution is 5.89. The molecule has 0 aliphatic carbocycles. The van der Waals surface area contributed by atoms with Crippen LogP contribution in [0.1, 0.15) is 15.9 Å². The minimum atomic E-state index is -0.318. The van der Waals surface area contributed by atoms with E-state index in [2.05, 4.69) is 9.64 Å². The predicted octanol–water partition coefficient (Wildman–Crippen LogP) is 1.10. The molecule has 0 saturated carbocycles. The van der Waals surface area contributed by atoms with Gasteiger partial charge in [-0.1, -0.05) is 12.1 Å². The standard InChI is InChI=1S/C13H15NO3/c1-17-13(16)12-4-2-10(3-5-12)6-14-7-11(8-14)9-15/h2-5,9,11H,6-8H2,1H3. The normalized spacial score (nSPS) is 16.3. The van der Waals surface area contributed by atoms with E-state index in [1.165, 1.54) is 7.11 Å². The van der Waals surface area contributed by atoms with Gasteiger partial charge in [0, 0.05) is 25.6 Å². The lowest BCUT2D eigenvalue weighted by molar-refractivity contribution is -0.115. The third-order valence-corrected chi connectivity index (χ3v) is 2.96. The summed E-state index contributed by atoms with van der Waals surface area (Å²) >= 11 is 0. The number of carbonyl (C=O) groups is 2. The zero-order valence-electron chi connectivity index (χ0n) is 9.76. The number of nitrogens with zero attached hydrogens (tertiary/aromatic N) is 1. The van der Waals surface area contributed by atoms with E-state index in [4.69, 9.17) is 0 Å². The summed E-state index contributed by atoms with van der Waals surface area (Å²) < 4.78 is 4.63. The van der Waals surface area contributed by atoms with Crippen LogP contribution >= 0.6 is 0 Å². The molecule has 1 aliphatic heterocycles. The molecule has 1 aliphatic rings. The van der Waals surface area contributed by atoms with E-state index in [1.54, 1.807) is 12.1 Å². The molecule has 1 fully saturated rings. The zero-order valence-corrected chi connectivity index (χ0v) is 9.76. The SMILES string of the molecule is COC(=O)c1ccc(CN2CC(C=O)C2)cc1. The molecule has 0 atom stereocenters. The molecule has 1 saturated heterocycles. The van der Waals surface area contributed by atoms with Gasteiger partial charge in [0.1, 0.15) is 6.29 Å². The first kappa shape index (κ1) is 11.8. The second kappa shape index (κ2) is 5.10. The largest absolute Gasteiger partial charge is 0.465 e. The van der Waals surface area contributed by atoms with Crippen LogP contribution in [0, 0.1) is 5.92 Å². The maximum Gasteiger partial charge on any atom is 0.337 e. The molecule has 0 unspecified atom stereocenters. The van der Waals surface area contributed by atoms with Crippen LogP contribution in [0.2, 0.25) is 0 Å². The van der Waals surface area contributed by atoms with Gasteiger partial charge < -0.3 is 9.53 Å². The molecule has 17 heavy (non-hydrogen) atoms. The number of esters is 1. The molecule has 0 N–H and O–H groups in total. The smallest absolute Gasteiger partial charge is 0.337 e. The fourth-order valence-corrected chi connectivity index (χ4v) is 1.95. The molecule has 0 aromatic heterocycles. The van der Waals surface area contributed by atoms with E-state index >= 15 is 0 Å². The lowest BCUT2D eigenvalue weighted by atomic mass is 10.0. The summed E-state index contributed by atoms with van der Waals surface area (Å²) in [5, 5.41) is 0. The summed E-state index contributed by atoms with van der Waals surface area (Å²) in [4.78, 5) is 23.9. The Morgan fingerprint density at radius 2 is 2.06 bits per heavy atom. The van der Waals surface area contributed by atoms with Gasteiger partial charge in [0.15, 0.2) is 0 Å². The maximum atomic E-state index is 11.2. The Balaban J connectivity index is 1.90. The molecule has 4 heteroatoms. The van der Waals surface area contributed by atoms with Gasteiger partial charge in [0.05, 0.1) is 12.7 Å². The molecule has 1 aromatic carbocycles. The van der Waals surface area contributed by atoms with Crippen molar-refractivity contribution in [3.63, 3.8) is 0 Å². The quantitative estimate of drug-likeness (QED) is 0.577. The van der Waals surface area contributed by atoms with Crippen LogP contribution in [0.3, 0.4) is 0 Å². The summed E-state index contributed by atoms with van der Waals surface area (Å²) in [6.45, 7) is 2.50. The number of ether oxygens (including phenoxy) is 1. The van der Waals surface area contributed by atoms with E-state index in [-0.39, 0.29) is 11.9 Å². The Hall–Kier alpha value is -1.68. The van der Waals surface area contributed by atoms with Gasteiger partial charge in [-0.25, -0.2) is 4.79 Å². The Labute approximate surface area is 100 Å². The molecule has 1 aromatic rings. The van der Waals surface area contributed by atoms with E-state index < -0.39 is 0 Å². The van der Waals surface area contributed by atoms with Gasteiger partial charge in [-0.05, 0) is 17.7 Å². The van der Waals surface area contributed by atoms with Crippen LogP contribution in [0.25, 0.3) is 0 Å². The van der Waals surface area contributed by atoms with Crippen LogP contribution in [-0.2, 0) is 16.1 Å². The maximum absolute atomic E-state index is 11.2. The summed E-state index contributed by atoms with van der Waals surface area (Å²) in [6.07, 6.45) is 1.01. The number of hydrogen-bond acceptors (Lipinski definition) is 4. The fraction of sp³-hybridized carbons (Fsp3) is 0.385. The number of rotatable bonds is 4. The van der Waals surface area contributed by atoms with Gasteiger partial charge >= 0.3 is 5.97 Å². The number of hydrogen-bond donors (Lipinski definition) is 0. The summed E-state index contributed by atoms with van der Waals surface area (Å²) in [6, 6.07) is 7.36. The molecular formula is C13H15NO3. The summed E-state index contributed by atoms with van der Waals surface area (Å²) in [5.41, 5.74) is 1.70. The van der Waals surface area contributed by atoms with Crippen molar-refractivity contribution in [1.29, 1.82) is 0 Å². The highest BCUT2D eigenvalue weighted by Crippen LogP contribution is 2.17. The van der Waals surface area contributed by atoms with Gasteiger partial charge in [-0.2, -0.15) is 0 Å². The van der Waals surface area contributed by atoms with Crippen molar-refractivity contribution in [3.8, 4) is 0 Å². The molecule has 2 rings (SSSR count). The molecule has 0 spiro atoms. The predicted molar refractivity (Wildman–Crippen MR) is 62.6 cm³/mol. The van der Waals surface area contributed by atoms with Gasteiger partial charge in [-0.3, -0.25) is 4.90 Å². The molecule has 0 radical (unpaired) electrons. The minimum absolute atomic E-state index is 0.198. The Bertz CT molecular complexity index is 407. The third kappa shape index (κ3) is 2.71.